The first kappa shape index (κ1) is 47.4. The molecule has 82 heavy (non-hydrogen) atoms. The van der Waals surface area contributed by atoms with Gasteiger partial charge in [-0.05, 0) is 100 Å². The van der Waals surface area contributed by atoms with Crippen LogP contribution < -0.4 is 0 Å². The number of thiophene rings is 4. The van der Waals surface area contributed by atoms with E-state index in [1.54, 1.807) is 0 Å². The highest BCUT2D eigenvalue weighted by atomic mass is 32.1. The summed E-state index contributed by atoms with van der Waals surface area (Å²) in [7, 11) is 0. The number of hydrogen-bond acceptors (Lipinski definition) is 4. The summed E-state index contributed by atoms with van der Waals surface area (Å²) in [4.78, 5) is 0. The van der Waals surface area contributed by atoms with Crippen LogP contribution in [0.5, 0.6) is 0 Å². The fraction of sp³-hybridized carbons (Fsp3) is 0. The average Bonchev–Trinajstić information content (AvgIpc) is 2.39. The third-order valence-corrected chi connectivity index (χ3v) is 21.3. The molecule has 0 saturated carbocycles. The quantitative estimate of drug-likeness (QED) is 0.157. The highest BCUT2D eigenvalue weighted by Crippen LogP contribution is 2.50. The summed E-state index contributed by atoms with van der Waals surface area (Å²) in [5, 5.41) is 10.6. The van der Waals surface area contributed by atoms with Gasteiger partial charge < -0.3 is 9.13 Å². The van der Waals surface area contributed by atoms with Crippen LogP contribution in [0.2, 0.25) is 0 Å². The number of fused-ring (bicyclic) bond motifs is 16. The van der Waals surface area contributed by atoms with Crippen molar-refractivity contribution in [3.63, 3.8) is 0 Å². The van der Waals surface area contributed by atoms with Gasteiger partial charge in [0.25, 0.3) is 0 Å². The van der Waals surface area contributed by atoms with Crippen LogP contribution in [0.1, 0.15) is 0 Å². The highest BCUT2D eigenvalue weighted by Gasteiger charge is 2.22. The largest absolute Gasteiger partial charge is 0.308 e. The lowest BCUT2D eigenvalue weighted by atomic mass is 9.99. The molecule has 6 heteroatoms. The van der Waals surface area contributed by atoms with Crippen molar-refractivity contribution in [2.75, 3.05) is 0 Å². The maximum atomic E-state index is 2.44. The number of rotatable bonds is 6. The van der Waals surface area contributed by atoms with E-state index >= 15 is 0 Å². The van der Waals surface area contributed by atoms with Crippen LogP contribution >= 0.6 is 45.3 Å². The van der Waals surface area contributed by atoms with Crippen molar-refractivity contribution >= 4 is 148 Å². The number of benzene rings is 12. The topological polar surface area (TPSA) is 9.86 Å². The summed E-state index contributed by atoms with van der Waals surface area (Å²) in [5.41, 5.74) is 17.8. The van der Waals surface area contributed by atoms with Gasteiger partial charge in [0, 0.05) is 93.8 Å². The second kappa shape index (κ2) is 19.1. The van der Waals surface area contributed by atoms with Crippen LogP contribution in [0.25, 0.3) is 159 Å². The molecule has 18 rings (SSSR count). The van der Waals surface area contributed by atoms with Crippen molar-refractivity contribution < 1.29 is 0 Å². The molecule has 0 saturated heterocycles. The fourth-order valence-corrected chi connectivity index (χ4v) is 17.7. The highest BCUT2D eigenvalue weighted by molar-refractivity contribution is 7.28. The monoisotopic (exact) mass is 1110 g/mol. The van der Waals surface area contributed by atoms with Crippen molar-refractivity contribution in [2.45, 2.75) is 0 Å². The number of nitrogens with zero attached hydrogens (tertiary/aromatic N) is 2. The summed E-state index contributed by atoms with van der Waals surface area (Å²) in [6, 6.07) is 102. The smallest absolute Gasteiger partial charge is 0.0727 e. The Balaban J connectivity index is 0.000000130. The Morgan fingerprint density at radius 1 is 0.207 bits per heavy atom. The molecule has 12 aromatic carbocycles. The van der Waals surface area contributed by atoms with Crippen LogP contribution in [0, 0.1) is 0 Å². The summed E-state index contributed by atoms with van der Waals surface area (Å²) in [6.45, 7) is 0. The molecule has 0 spiro atoms. The maximum absolute atomic E-state index is 2.44. The Hall–Kier alpha value is -9.40. The molecule has 0 atom stereocenters. The molecule has 6 heterocycles. The number of para-hydroxylation sites is 4. The lowest BCUT2D eigenvalue weighted by Crippen LogP contribution is -1.92. The van der Waals surface area contributed by atoms with E-state index in [0.717, 1.165) is 0 Å². The Bertz CT molecular complexity index is 5500. The molecule has 6 aromatic heterocycles. The van der Waals surface area contributed by atoms with Crippen molar-refractivity contribution in [3.8, 4) is 55.9 Å². The van der Waals surface area contributed by atoms with Crippen molar-refractivity contribution in [1.82, 2.24) is 9.13 Å². The van der Waals surface area contributed by atoms with E-state index in [-0.39, 0.29) is 0 Å². The summed E-state index contributed by atoms with van der Waals surface area (Å²) in [6.07, 6.45) is 0. The van der Waals surface area contributed by atoms with Gasteiger partial charge in [-0.1, -0.05) is 212 Å². The van der Waals surface area contributed by atoms with E-state index in [0.29, 0.717) is 0 Å². The molecule has 0 aliphatic carbocycles. The molecular weight excluding hydrogens is 1070 g/mol. The summed E-state index contributed by atoms with van der Waals surface area (Å²) < 4.78 is 15.6. The van der Waals surface area contributed by atoms with E-state index in [4.69, 9.17) is 0 Å². The van der Waals surface area contributed by atoms with Gasteiger partial charge in [0.2, 0.25) is 0 Å². The van der Waals surface area contributed by atoms with Crippen LogP contribution in [0.3, 0.4) is 0 Å². The lowest BCUT2D eigenvalue weighted by molar-refractivity contribution is 1.19. The van der Waals surface area contributed by atoms with Crippen LogP contribution in [0.15, 0.2) is 279 Å². The maximum Gasteiger partial charge on any atom is 0.0727 e. The van der Waals surface area contributed by atoms with Gasteiger partial charge in [0.1, 0.15) is 0 Å². The summed E-state index contributed by atoms with van der Waals surface area (Å²) >= 11 is 7.64. The van der Waals surface area contributed by atoms with E-state index in [1.165, 1.54) is 159 Å². The lowest BCUT2D eigenvalue weighted by Gasteiger charge is -2.09. The zero-order valence-electron chi connectivity index (χ0n) is 44.1. The molecule has 0 N–H and O–H groups in total. The second-order valence-corrected chi connectivity index (χ2v) is 25.2. The van der Waals surface area contributed by atoms with E-state index in [9.17, 15) is 0 Å². The standard InChI is InChI=1S/2C38H23NS2/c1-3-11-24(12-4-1)25-21-22-34-32(23-25)29-18-9-16-27(36(29)40-34)28-17-10-19-31-35-38(41-37(28)31)30-15-7-8-20-33(30)39(35)26-13-5-2-6-14-26;1-3-10-24(11-4-1)25-19-21-34-32(22-25)29-16-9-15-28(37(29)40-34)26-18-20-31-35(23-26)41-38-30-14-7-8-17-33(30)39(36(31)38)27-12-5-2-6-13-27/h2*1-23H. The van der Waals surface area contributed by atoms with Crippen molar-refractivity contribution in [2.24, 2.45) is 0 Å². The molecule has 0 amide bonds. The second-order valence-electron chi connectivity index (χ2n) is 21.1. The first-order valence-electron chi connectivity index (χ1n) is 27.7. The molecule has 0 aliphatic heterocycles. The van der Waals surface area contributed by atoms with Gasteiger partial charge in [-0.25, -0.2) is 0 Å². The van der Waals surface area contributed by atoms with E-state index in [1.807, 2.05) is 45.3 Å². The summed E-state index contributed by atoms with van der Waals surface area (Å²) in [5.74, 6) is 0. The minimum Gasteiger partial charge on any atom is -0.308 e. The minimum absolute atomic E-state index is 1.20. The van der Waals surface area contributed by atoms with E-state index < -0.39 is 0 Å². The molecule has 0 bridgehead atoms. The van der Waals surface area contributed by atoms with E-state index in [2.05, 4.69) is 288 Å². The van der Waals surface area contributed by atoms with Gasteiger partial charge in [0.15, 0.2) is 0 Å². The molecule has 384 valence electrons. The predicted molar refractivity (Wildman–Crippen MR) is 360 cm³/mol. The Morgan fingerprint density at radius 3 is 1.16 bits per heavy atom. The SMILES string of the molecule is c1ccc(-c2ccc3sc4c(-c5ccc6c(c5)sc5c7ccccc7n(-c7ccccc7)c65)cccc4c3c2)cc1.c1ccc(-c2ccc3sc4c(-c5cccc6c5sc5c7ccccc7n(-c7ccccc7)c65)cccc4c3c2)cc1. The minimum atomic E-state index is 1.20. The average molecular weight is 1120 g/mol. The Morgan fingerprint density at radius 2 is 0.610 bits per heavy atom. The third-order valence-electron chi connectivity index (χ3n) is 16.4. The third kappa shape index (κ3) is 7.50. The zero-order valence-corrected chi connectivity index (χ0v) is 47.4. The van der Waals surface area contributed by atoms with Gasteiger partial charge >= 0.3 is 0 Å². The van der Waals surface area contributed by atoms with Crippen LogP contribution in [-0.4, -0.2) is 9.13 Å². The molecule has 0 radical (unpaired) electrons. The first-order chi connectivity index (χ1) is 40.7. The van der Waals surface area contributed by atoms with Crippen molar-refractivity contribution in [1.29, 1.82) is 0 Å². The van der Waals surface area contributed by atoms with Gasteiger partial charge in [0.05, 0.1) is 31.5 Å². The predicted octanol–water partition coefficient (Wildman–Crippen LogP) is 23.4. The Kier molecular flexibility index (Phi) is 11.1. The van der Waals surface area contributed by atoms with Crippen molar-refractivity contribution in [3.05, 3.63) is 279 Å². The van der Waals surface area contributed by atoms with Gasteiger partial charge in [-0.2, -0.15) is 0 Å². The molecular formula is C76H46N2S4. The normalized spacial score (nSPS) is 11.9. The molecule has 0 aliphatic rings. The first-order valence-corrected chi connectivity index (χ1v) is 31.0. The van der Waals surface area contributed by atoms with Gasteiger partial charge in [-0.15, -0.1) is 45.3 Å². The Labute approximate surface area is 488 Å². The van der Waals surface area contributed by atoms with Gasteiger partial charge in [-0.3, -0.25) is 0 Å². The molecule has 18 aromatic rings. The molecule has 0 fully saturated rings. The van der Waals surface area contributed by atoms with Crippen LogP contribution in [-0.2, 0) is 0 Å². The zero-order chi connectivity index (χ0) is 53.8. The number of hydrogen-bond donors (Lipinski definition) is 0. The molecule has 2 nitrogen and oxygen atoms in total. The molecule has 0 unspecified atom stereocenters. The van der Waals surface area contributed by atoms with Crippen LogP contribution in [0.4, 0.5) is 0 Å². The fourth-order valence-electron chi connectivity index (χ4n) is 12.7. The number of aromatic nitrogens is 2.